The van der Waals surface area contributed by atoms with Crippen molar-refractivity contribution in [2.45, 2.75) is 44.8 Å². The monoisotopic (exact) mass is 363 g/mol. The number of rotatable bonds is 6. The van der Waals surface area contributed by atoms with Gasteiger partial charge in [0.15, 0.2) is 0 Å². The molecule has 0 fully saturated rings. The van der Waals surface area contributed by atoms with Crippen LogP contribution in [-0.4, -0.2) is 51.8 Å². The van der Waals surface area contributed by atoms with Gasteiger partial charge in [0.05, 0.1) is 13.0 Å². The summed E-state index contributed by atoms with van der Waals surface area (Å²) in [6, 6.07) is 4.03. The molecule has 0 saturated carbocycles. The molecular formula is C17H25N5O2S. The van der Waals surface area contributed by atoms with Gasteiger partial charge in [0.25, 0.3) is 0 Å². The molecule has 25 heavy (non-hydrogen) atoms. The summed E-state index contributed by atoms with van der Waals surface area (Å²) in [7, 11) is 3.96. The van der Waals surface area contributed by atoms with Gasteiger partial charge in [-0.1, -0.05) is 6.07 Å². The van der Waals surface area contributed by atoms with Gasteiger partial charge in [-0.2, -0.15) is 5.10 Å². The molecule has 1 N–H and O–H groups in total. The zero-order chi connectivity index (χ0) is 17.8. The van der Waals surface area contributed by atoms with Gasteiger partial charge in [0.2, 0.25) is 5.91 Å². The maximum atomic E-state index is 12.5. The van der Waals surface area contributed by atoms with E-state index in [1.54, 1.807) is 20.6 Å². The fourth-order valence-electron chi connectivity index (χ4n) is 3.06. The Labute approximate surface area is 151 Å². The molecule has 1 atom stereocenters. The lowest BCUT2D eigenvalue weighted by Crippen LogP contribution is -2.36. The first-order chi connectivity index (χ1) is 12.0. The van der Waals surface area contributed by atoms with Crippen LogP contribution in [-0.2, 0) is 30.7 Å². The lowest BCUT2D eigenvalue weighted by atomic mass is 10.1. The number of carbonyl (C=O) groups excluding carboxylic acids is 1. The lowest BCUT2D eigenvalue weighted by Gasteiger charge is -2.15. The Morgan fingerprint density at radius 2 is 2.28 bits per heavy atom. The van der Waals surface area contributed by atoms with E-state index >= 15 is 0 Å². The summed E-state index contributed by atoms with van der Waals surface area (Å²) >= 11 is 1.60. The van der Waals surface area contributed by atoms with Crippen molar-refractivity contribution < 1.29 is 4.79 Å². The van der Waals surface area contributed by atoms with Crippen LogP contribution in [0.3, 0.4) is 0 Å². The maximum Gasteiger partial charge on any atom is 0.345 e. The second-order valence-electron chi connectivity index (χ2n) is 6.72. The number of aryl methyl sites for hydroxylation is 1. The number of carbonyl (C=O) groups is 1. The van der Waals surface area contributed by atoms with Crippen molar-refractivity contribution in [2.75, 3.05) is 20.6 Å². The summed E-state index contributed by atoms with van der Waals surface area (Å²) in [5, 5.41) is 9.57. The summed E-state index contributed by atoms with van der Waals surface area (Å²) in [5.41, 5.74) is -0.0394. The van der Waals surface area contributed by atoms with Gasteiger partial charge in [-0.05, 0) is 38.4 Å². The first kappa shape index (κ1) is 17.9. The quantitative estimate of drug-likeness (QED) is 0.821. The predicted octanol–water partition coefficient (Wildman–Crippen LogP) is 0.732. The Morgan fingerprint density at radius 3 is 3.00 bits per heavy atom. The molecule has 2 aromatic heterocycles. The van der Waals surface area contributed by atoms with Crippen LogP contribution in [0.5, 0.6) is 0 Å². The first-order valence-corrected chi connectivity index (χ1v) is 9.54. The largest absolute Gasteiger partial charge is 0.353 e. The smallest absolute Gasteiger partial charge is 0.345 e. The highest BCUT2D eigenvalue weighted by molar-refractivity contribution is 7.10. The topological polar surface area (TPSA) is 72.2 Å². The molecule has 1 amide bonds. The Hall–Kier alpha value is -1.93. The van der Waals surface area contributed by atoms with Crippen LogP contribution in [0, 0.1) is 0 Å². The molecule has 2 aromatic rings. The van der Waals surface area contributed by atoms with Crippen LogP contribution in [0.2, 0.25) is 0 Å². The molecule has 136 valence electrons. The summed E-state index contributed by atoms with van der Waals surface area (Å²) in [6.07, 6.45) is 2.73. The van der Waals surface area contributed by atoms with Crippen LogP contribution in [0.4, 0.5) is 0 Å². The molecule has 0 saturated heterocycles. The van der Waals surface area contributed by atoms with Crippen LogP contribution in [0.1, 0.15) is 23.5 Å². The van der Waals surface area contributed by atoms with E-state index in [-0.39, 0.29) is 17.6 Å². The van der Waals surface area contributed by atoms with Gasteiger partial charge in [-0.15, -0.1) is 11.3 Å². The Balaban J connectivity index is 1.57. The van der Waals surface area contributed by atoms with Crippen LogP contribution >= 0.6 is 11.3 Å². The summed E-state index contributed by atoms with van der Waals surface area (Å²) in [4.78, 5) is 27.8. The van der Waals surface area contributed by atoms with Gasteiger partial charge in [0.1, 0.15) is 5.82 Å². The van der Waals surface area contributed by atoms with Crippen molar-refractivity contribution in [3.05, 3.63) is 38.7 Å². The summed E-state index contributed by atoms with van der Waals surface area (Å²) in [6.45, 7) is 2.00. The molecule has 3 heterocycles. The van der Waals surface area contributed by atoms with Crippen LogP contribution in [0.25, 0.3) is 0 Å². The molecular weight excluding hydrogens is 338 g/mol. The second-order valence-corrected chi connectivity index (χ2v) is 7.76. The first-order valence-electron chi connectivity index (χ1n) is 8.66. The van der Waals surface area contributed by atoms with Gasteiger partial charge in [-0.3, -0.25) is 9.36 Å². The van der Waals surface area contributed by atoms with E-state index in [2.05, 4.69) is 10.4 Å². The summed E-state index contributed by atoms with van der Waals surface area (Å²) < 4.78 is 3.33. The third-order valence-corrected chi connectivity index (χ3v) is 5.33. The predicted molar refractivity (Wildman–Crippen MR) is 97.9 cm³/mol. The lowest BCUT2D eigenvalue weighted by molar-refractivity contribution is -0.121. The van der Waals surface area contributed by atoms with Gasteiger partial charge < -0.3 is 10.2 Å². The Kier molecular flexibility index (Phi) is 5.70. The molecule has 1 aliphatic heterocycles. The van der Waals surface area contributed by atoms with Crippen molar-refractivity contribution in [2.24, 2.45) is 0 Å². The van der Waals surface area contributed by atoms with Crippen molar-refractivity contribution >= 4 is 17.2 Å². The minimum atomic E-state index is -0.0394. The fraction of sp³-hybridized carbons (Fsp3) is 0.588. The Bertz CT molecular complexity index is 763. The Morgan fingerprint density at radius 1 is 1.44 bits per heavy atom. The number of nitrogens with one attached hydrogen (secondary N) is 1. The highest BCUT2D eigenvalue weighted by Gasteiger charge is 2.22. The molecule has 0 aliphatic carbocycles. The van der Waals surface area contributed by atoms with Gasteiger partial charge >= 0.3 is 5.69 Å². The molecule has 0 aromatic carbocycles. The van der Waals surface area contributed by atoms with Crippen molar-refractivity contribution in [3.63, 3.8) is 0 Å². The van der Waals surface area contributed by atoms with E-state index in [4.69, 9.17) is 0 Å². The zero-order valence-electron chi connectivity index (χ0n) is 14.8. The normalized spacial score (nSPS) is 17.3. The van der Waals surface area contributed by atoms with Gasteiger partial charge in [0, 0.05) is 30.4 Å². The average Bonchev–Trinajstić information content (AvgIpc) is 3.11. The van der Waals surface area contributed by atoms with E-state index in [0.717, 1.165) is 30.1 Å². The van der Waals surface area contributed by atoms with Crippen LogP contribution in [0.15, 0.2) is 22.3 Å². The number of hydrogen-bond acceptors (Lipinski definition) is 5. The number of hydrogen-bond donors (Lipinski definition) is 1. The molecule has 7 nitrogen and oxygen atoms in total. The van der Waals surface area contributed by atoms with Gasteiger partial charge in [-0.25, -0.2) is 9.48 Å². The van der Waals surface area contributed by atoms with E-state index in [0.29, 0.717) is 25.9 Å². The third kappa shape index (κ3) is 4.58. The SMILES string of the molecule is CN(C)CCn1nc2n(c1=O)CCC(NC(=O)Cc1cccs1)CC2. The fourth-order valence-corrected chi connectivity index (χ4v) is 3.77. The standard InChI is InChI=1S/C17H25N5O2S/c1-20(2)9-10-22-17(24)21-8-7-13(5-6-15(21)19-22)18-16(23)12-14-4-3-11-25-14/h3-4,11,13H,5-10,12H2,1-2H3,(H,18,23). The molecule has 1 aliphatic rings. The number of aromatic nitrogens is 3. The van der Waals surface area contributed by atoms with E-state index in [1.165, 1.54) is 0 Å². The van der Waals surface area contributed by atoms with Crippen molar-refractivity contribution in [3.8, 4) is 0 Å². The number of thiophene rings is 1. The minimum Gasteiger partial charge on any atom is -0.353 e. The van der Waals surface area contributed by atoms with E-state index < -0.39 is 0 Å². The van der Waals surface area contributed by atoms with E-state index in [9.17, 15) is 9.59 Å². The molecule has 8 heteroatoms. The molecule has 0 spiro atoms. The highest BCUT2D eigenvalue weighted by atomic mass is 32.1. The maximum absolute atomic E-state index is 12.5. The number of likely N-dealkylation sites (N-methyl/N-ethyl adjacent to an activating group) is 1. The molecule has 0 bridgehead atoms. The molecule has 0 radical (unpaired) electrons. The number of nitrogens with zero attached hydrogens (tertiary/aromatic N) is 4. The highest BCUT2D eigenvalue weighted by Crippen LogP contribution is 2.13. The van der Waals surface area contributed by atoms with Crippen molar-refractivity contribution in [1.29, 1.82) is 0 Å². The number of fused-ring (bicyclic) bond motifs is 1. The third-order valence-electron chi connectivity index (χ3n) is 4.46. The molecule has 3 rings (SSSR count). The summed E-state index contributed by atoms with van der Waals surface area (Å²) in [5.74, 6) is 0.883. The van der Waals surface area contributed by atoms with Crippen LogP contribution < -0.4 is 11.0 Å². The molecule has 1 unspecified atom stereocenters. The second kappa shape index (κ2) is 7.97. The zero-order valence-corrected chi connectivity index (χ0v) is 15.6. The van der Waals surface area contributed by atoms with E-state index in [1.807, 2.05) is 36.5 Å². The van der Waals surface area contributed by atoms with Crippen molar-refractivity contribution in [1.82, 2.24) is 24.6 Å². The minimum absolute atomic E-state index is 0.0394. The number of amides is 1. The average molecular weight is 363 g/mol.